The number of aliphatic hydroxyl groups is 1. The lowest BCUT2D eigenvalue weighted by molar-refractivity contribution is -0.146. The predicted octanol–water partition coefficient (Wildman–Crippen LogP) is -0.0386. The van der Waals surface area contributed by atoms with Crippen molar-refractivity contribution in [2.45, 2.75) is 44.8 Å². The SMILES string of the molecule is CCOC(=O)C1CCCN1S(=O)(=O)N(C)CC1CC(O)C1. The van der Waals surface area contributed by atoms with E-state index < -0.39 is 22.2 Å². The van der Waals surface area contributed by atoms with E-state index in [9.17, 15) is 18.3 Å². The van der Waals surface area contributed by atoms with E-state index in [1.54, 1.807) is 6.92 Å². The van der Waals surface area contributed by atoms with Crippen LogP contribution in [0.5, 0.6) is 0 Å². The molecule has 0 radical (unpaired) electrons. The molecule has 1 unspecified atom stereocenters. The van der Waals surface area contributed by atoms with Crippen LogP contribution in [-0.2, 0) is 19.7 Å². The van der Waals surface area contributed by atoms with Crippen LogP contribution in [0.1, 0.15) is 32.6 Å². The van der Waals surface area contributed by atoms with Crippen LogP contribution in [0.15, 0.2) is 0 Å². The molecule has 0 aromatic heterocycles. The smallest absolute Gasteiger partial charge is 0.324 e. The van der Waals surface area contributed by atoms with Gasteiger partial charge in [0.05, 0.1) is 12.7 Å². The van der Waals surface area contributed by atoms with Crippen LogP contribution in [0.4, 0.5) is 0 Å². The molecule has 1 aliphatic heterocycles. The molecule has 8 heteroatoms. The van der Waals surface area contributed by atoms with Crippen LogP contribution in [-0.4, -0.2) is 67.0 Å². The summed E-state index contributed by atoms with van der Waals surface area (Å²) in [6.45, 7) is 2.69. The highest BCUT2D eigenvalue weighted by atomic mass is 32.2. The van der Waals surface area contributed by atoms with Gasteiger partial charge in [-0.1, -0.05) is 0 Å². The Kier molecular flexibility index (Phi) is 5.24. The molecule has 1 N–H and O–H groups in total. The van der Waals surface area contributed by atoms with Gasteiger partial charge in [-0.3, -0.25) is 4.79 Å². The highest BCUT2D eigenvalue weighted by Crippen LogP contribution is 2.30. The molecule has 7 nitrogen and oxygen atoms in total. The summed E-state index contributed by atoms with van der Waals surface area (Å²) >= 11 is 0. The minimum Gasteiger partial charge on any atom is -0.465 e. The second kappa shape index (κ2) is 6.60. The van der Waals surface area contributed by atoms with Crippen molar-refractivity contribution in [3.8, 4) is 0 Å². The average Bonchev–Trinajstić information content (AvgIpc) is 2.87. The highest BCUT2D eigenvalue weighted by molar-refractivity contribution is 7.86. The van der Waals surface area contributed by atoms with Crippen molar-refractivity contribution in [2.75, 3.05) is 26.7 Å². The van der Waals surface area contributed by atoms with Gasteiger partial charge in [-0.25, -0.2) is 0 Å². The van der Waals surface area contributed by atoms with Crippen molar-refractivity contribution in [3.05, 3.63) is 0 Å². The molecule has 0 aromatic carbocycles. The van der Waals surface area contributed by atoms with Crippen molar-refractivity contribution in [2.24, 2.45) is 5.92 Å². The Labute approximate surface area is 126 Å². The van der Waals surface area contributed by atoms with Gasteiger partial charge in [-0.2, -0.15) is 17.0 Å². The minimum atomic E-state index is -3.66. The number of carbonyl (C=O) groups is 1. The van der Waals surface area contributed by atoms with Crippen molar-refractivity contribution < 1.29 is 23.1 Å². The quantitative estimate of drug-likeness (QED) is 0.694. The lowest BCUT2D eigenvalue weighted by Gasteiger charge is -2.35. The molecule has 0 bridgehead atoms. The van der Waals surface area contributed by atoms with E-state index in [0.717, 1.165) is 0 Å². The molecular weight excluding hydrogens is 296 g/mol. The summed E-state index contributed by atoms with van der Waals surface area (Å²) in [5, 5.41) is 9.28. The number of carbonyl (C=O) groups excluding carboxylic acids is 1. The molecule has 0 aromatic rings. The third kappa shape index (κ3) is 3.56. The third-order valence-electron chi connectivity index (χ3n) is 4.18. The number of ether oxygens (including phenoxy) is 1. The van der Waals surface area contributed by atoms with E-state index in [0.29, 0.717) is 38.8 Å². The first-order chi connectivity index (χ1) is 9.86. The molecule has 122 valence electrons. The molecule has 1 saturated heterocycles. The lowest BCUT2D eigenvalue weighted by atomic mass is 9.82. The molecule has 1 aliphatic carbocycles. The van der Waals surface area contributed by atoms with Gasteiger partial charge < -0.3 is 9.84 Å². The van der Waals surface area contributed by atoms with Gasteiger partial charge in [0.15, 0.2) is 0 Å². The first kappa shape index (κ1) is 16.7. The fraction of sp³-hybridized carbons (Fsp3) is 0.923. The Morgan fingerprint density at radius 3 is 2.67 bits per heavy atom. The normalized spacial score (nSPS) is 30.4. The van der Waals surface area contributed by atoms with Crippen LogP contribution in [0.2, 0.25) is 0 Å². The number of rotatable bonds is 6. The summed E-state index contributed by atoms with van der Waals surface area (Å²) in [6.07, 6.45) is 2.15. The first-order valence-electron chi connectivity index (χ1n) is 7.44. The number of esters is 1. The van der Waals surface area contributed by atoms with Crippen molar-refractivity contribution in [1.82, 2.24) is 8.61 Å². The second-order valence-electron chi connectivity index (χ2n) is 5.80. The highest BCUT2D eigenvalue weighted by Gasteiger charge is 2.42. The zero-order valence-corrected chi connectivity index (χ0v) is 13.4. The summed E-state index contributed by atoms with van der Waals surface area (Å²) < 4.78 is 32.7. The molecule has 0 amide bonds. The summed E-state index contributed by atoms with van der Waals surface area (Å²) in [5.41, 5.74) is 0. The monoisotopic (exact) mass is 320 g/mol. The van der Waals surface area contributed by atoms with Gasteiger partial charge in [0.1, 0.15) is 6.04 Å². The second-order valence-corrected chi connectivity index (χ2v) is 7.79. The van der Waals surface area contributed by atoms with Gasteiger partial charge in [-0.15, -0.1) is 0 Å². The molecule has 2 rings (SSSR count). The molecule has 1 saturated carbocycles. The summed E-state index contributed by atoms with van der Waals surface area (Å²) in [7, 11) is -2.13. The van der Waals surface area contributed by atoms with Gasteiger partial charge in [0, 0.05) is 20.1 Å². The number of hydrogen-bond donors (Lipinski definition) is 1. The van der Waals surface area contributed by atoms with Crippen LogP contribution in [0.3, 0.4) is 0 Å². The van der Waals surface area contributed by atoms with Gasteiger partial charge in [0.2, 0.25) is 0 Å². The zero-order valence-electron chi connectivity index (χ0n) is 12.6. The average molecular weight is 320 g/mol. The zero-order chi connectivity index (χ0) is 15.6. The Balaban J connectivity index is 2.01. The van der Waals surface area contributed by atoms with E-state index in [4.69, 9.17) is 4.74 Å². The molecular formula is C13H24N2O5S. The van der Waals surface area contributed by atoms with Crippen LogP contribution >= 0.6 is 0 Å². The largest absolute Gasteiger partial charge is 0.465 e. The molecule has 21 heavy (non-hydrogen) atoms. The Morgan fingerprint density at radius 2 is 2.10 bits per heavy atom. The van der Waals surface area contributed by atoms with Crippen molar-refractivity contribution in [3.63, 3.8) is 0 Å². The number of aliphatic hydroxyl groups excluding tert-OH is 1. The third-order valence-corrected chi connectivity index (χ3v) is 6.15. The summed E-state index contributed by atoms with van der Waals surface area (Å²) in [4.78, 5) is 11.9. The molecule has 2 aliphatic rings. The summed E-state index contributed by atoms with van der Waals surface area (Å²) in [6, 6.07) is -0.704. The fourth-order valence-corrected chi connectivity index (χ4v) is 4.61. The standard InChI is InChI=1S/C13H24N2O5S/c1-3-20-13(17)12-5-4-6-15(12)21(18,19)14(2)9-10-7-11(16)8-10/h10-12,16H,3-9H2,1-2H3. The van der Waals surface area contributed by atoms with E-state index in [2.05, 4.69) is 0 Å². The van der Waals surface area contributed by atoms with Gasteiger partial charge in [0.25, 0.3) is 10.2 Å². The van der Waals surface area contributed by atoms with Crippen molar-refractivity contribution in [1.29, 1.82) is 0 Å². The van der Waals surface area contributed by atoms with Crippen molar-refractivity contribution >= 4 is 16.2 Å². The lowest BCUT2D eigenvalue weighted by Crippen LogP contribution is -2.49. The van der Waals surface area contributed by atoms with E-state index >= 15 is 0 Å². The van der Waals surface area contributed by atoms with Crippen LogP contribution < -0.4 is 0 Å². The fourth-order valence-electron chi connectivity index (χ4n) is 2.98. The molecule has 1 heterocycles. The van der Waals surface area contributed by atoms with Crippen LogP contribution in [0.25, 0.3) is 0 Å². The first-order valence-corrected chi connectivity index (χ1v) is 8.83. The molecule has 2 fully saturated rings. The van der Waals surface area contributed by atoms with Crippen LogP contribution in [0, 0.1) is 5.92 Å². The topological polar surface area (TPSA) is 87.2 Å². The number of hydrogen-bond acceptors (Lipinski definition) is 5. The van der Waals surface area contributed by atoms with Gasteiger partial charge >= 0.3 is 5.97 Å². The molecule has 1 atom stereocenters. The summed E-state index contributed by atoms with van der Waals surface area (Å²) in [5.74, 6) is -0.269. The van der Waals surface area contributed by atoms with E-state index in [1.165, 1.54) is 15.7 Å². The Bertz CT molecular complexity index is 475. The minimum absolute atomic E-state index is 0.198. The maximum atomic E-state index is 12.6. The Hall–Kier alpha value is -0.700. The number of nitrogens with zero attached hydrogens (tertiary/aromatic N) is 2. The van der Waals surface area contributed by atoms with Gasteiger partial charge in [-0.05, 0) is 38.5 Å². The van der Waals surface area contributed by atoms with E-state index in [-0.39, 0.29) is 18.6 Å². The van der Waals surface area contributed by atoms with E-state index in [1.807, 2.05) is 0 Å². The Morgan fingerprint density at radius 1 is 1.43 bits per heavy atom. The maximum Gasteiger partial charge on any atom is 0.324 e. The predicted molar refractivity (Wildman–Crippen MR) is 76.6 cm³/mol. The molecule has 0 spiro atoms. The maximum absolute atomic E-state index is 12.6.